The summed E-state index contributed by atoms with van der Waals surface area (Å²) in [5.41, 5.74) is 3.50. The van der Waals surface area contributed by atoms with Crippen molar-refractivity contribution in [1.29, 1.82) is 0 Å². The number of aryl methyl sites for hydroxylation is 1. The van der Waals surface area contributed by atoms with Gasteiger partial charge in [0.2, 0.25) is 0 Å². The number of nitrogens with one attached hydrogen (secondary N) is 2. The van der Waals surface area contributed by atoms with Crippen LogP contribution in [-0.2, 0) is 13.1 Å². The summed E-state index contributed by atoms with van der Waals surface area (Å²) in [5.74, 6) is -0.783. The van der Waals surface area contributed by atoms with Crippen molar-refractivity contribution in [3.05, 3.63) is 93.0 Å². The standard InChI is InChI=1S/C23H20Cl2F2N6S/c1-13-22(14(2)33(31-13)12-17-19(25)6-4-8-21(17)27)30-23(34)29-15-9-28-32(10-15)11-16-18(24)5-3-7-20(16)26/h3-10H,11-12H2,1-2H3,(H2,29,30,34). The van der Waals surface area contributed by atoms with E-state index in [0.717, 1.165) is 5.69 Å². The Kier molecular flexibility index (Phi) is 7.16. The van der Waals surface area contributed by atoms with E-state index in [2.05, 4.69) is 20.8 Å². The van der Waals surface area contributed by atoms with Gasteiger partial charge in [0.15, 0.2) is 5.11 Å². The van der Waals surface area contributed by atoms with Gasteiger partial charge in [-0.05, 0) is 50.3 Å². The summed E-state index contributed by atoms with van der Waals surface area (Å²) < 4.78 is 31.5. The van der Waals surface area contributed by atoms with Gasteiger partial charge in [0, 0.05) is 27.4 Å². The molecule has 0 saturated carbocycles. The summed E-state index contributed by atoms with van der Waals surface area (Å²) in [5, 5.41) is 15.9. The predicted molar refractivity (Wildman–Crippen MR) is 135 cm³/mol. The Balaban J connectivity index is 1.44. The van der Waals surface area contributed by atoms with Gasteiger partial charge in [-0.3, -0.25) is 9.36 Å². The first kappa shape index (κ1) is 24.1. The van der Waals surface area contributed by atoms with E-state index in [-0.39, 0.29) is 18.9 Å². The van der Waals surface area contributed by atoms with Crippen LogP contribution < -0.4 is 10.6 Å². The van der Waals surface area contributed by atoms with Gasteiger partial charge in [0.05, 0.1) is 42.0 Å². The fourth-order valence-electron chi connectivity index (χ4n) is 3.50. The van der Waals surface area contributed by atoms with E-state index in [4.69, 9.17) is 35.4 Å². The third-order valence-electron chi connectivity index (χ3n) is 5.26. The smallest absolute Gasteiger partial charge is 0.175 e. The average Bonchev–Trinajstić information content (AvgIpc) is 3.32. The summed E-state index contributed by atoms with van der Waals surface area (Å²) in [6.07, 6.45) is 3.27. The Labute approximate surface area is 210 Å². The summed E-state index contributed by atoms with van der Waals surface area (Å²) in [6, 6.07) is 9.11. The molecule has 4 aromatic rings. The number of thiocarbonyl (C=S) groups is 1. The molecule has 2 aromatic carbocycles. The number of rotatable bonds is 6. The molecule has 0 unspecified atom stereocenters. The fourth-order valence-corrected chi connectivity index (χ4v) is 4.17. The Hall–Kier alpha value is -3.01. The van der Waals surface area contributed by atoms with Crippen molar-refractivity contribution in [3.63, 3.8) is 0 Å². The molecule has 0 spiro atoms. The molecule has 0 aliphatic rings. The van der Waals surface area contributed by atoms with Crippen molar-refractivity contribution in [2.75, 3.05) is 10.6 Å². The number of benzene rings is 2. The summed E-state index contributed by atoms with van der Waals surface area (Å²) in [6.45, 7) is 4.05. The van der Waals surface area contributed by atoms with Gasteiger partial charge in [-0.15, -0.1) is 0 Å². The van der Waals surface area contributed by atoms with E-state index in [1.165, 1.54) is 12.1 Å². The van der Waals surface area contributed by atoms with Crippen LogP contribution in [0.1, 0.15) is 22.5 Å². The van der Waals surface area contributed by atoms with Gasteiger partial charge in [-0.25, -0.2) is 8.78 Å². The van der Waals surface area contributed by atoms with Crippen LogP contribution in [0.2, 0.25) is 10.0 Å². The number of hydrogen-bond donors (Lipinski definition) is 2. The lowest BCUT2D eigenvalue weighted by Crippen LogP contribution is -2.19. The van der Waals surface area contributed by atoms with Crippen LogP contribution >= 0.6 is 35.4 Å². The minimum atomic E-state index is -0.394. The lowest BCUT2D eigenvalue weighted by atomic mass is 10.2. The number of nitrogens with zero attached hydrogens (tertiary/aromatic N) is 4. The van der Waals surface area contributed by atoms with Crippen LogP contribution in [-0.4, -0.2) is 24.7 Å². The second-order valence-electron chi connectivity index (χ2n) is 7.61. The third-order valence-corrected chi connectivity index (χ3v) is 6.17. The first-order valence-corrected chi connectivity index (χ1v) is 11.4. The molecule has 2 N–H and O–H groups in total. The number of aromatic nitrogens is 4. The third kappa shape index (κ3) is 5.22. The highest BCUT2D eigenvalue weighted by Crippen LogP contribution is 2.25. The topological polar surface area (TPSA) is 59.7 Å². The molecule has 0 amide bonds. The fraction of sp³-hybridized carbons (Fsp3) is 0.174. The quantitative estimate of drug-likeness (QED) is 0.297. The Morgan fingerprint density at radius 2 is 1.59 bits per heavy atom. The molecule has 0 aliphatic heterocycles. The van der Waals surface area contributed by atoms with Gasteiger partial charge < -0.3 is 10.6 Å². The van der Waals surface area contributed by atoms with Gasteiger partial charge >= 0.3 is 0 Å². The highest BCUT2D eigenvalue weighted by atomic mass is 35.5. The molecule has 0 fully saturated rings. The Morgan fingerprint density at radius 3 is 2.21 bits per heavy atom. The second kappa shape index (κ2) is 10.1. The van der Waals surface area contributed by atoms with Crippen molar-refractivity contribution >= 4 is 51.9 Å². The highest BCUT2D eigenvalue weighted by molar-refractivity contribution is 7.80. The maximum absolute atomic E-state index is 14.2. The molecule has 0 atom stereocenters. The van der Waals surface area contributed by atoms with Crippen LogP contribution in [0.3, 0.4) is 0 Å². The second-order valence-corrected chi connectivity index (χ2v) is 8.83. The highest BCUT2D eigenvalue weighted by Gasteiger charge is 2.16. The molecule has 34 heavy (non-hydrogen) atoms. The minimum Gasteiger partial charge on any atom is -0.330 e. The zero-order chi connectivity index (χ0) is 24.4. The Morgan fingerprint density at radius 1 is 0.971 bits per heavy atom. The molecule has 2 aromatic heterocycles. The molecular formula is C23H20Cl2F2N6S. The summed E-state index contributed by atoms with van der Waals surface area (Å²) in [7, 11) is 0. The molecule has 11 heteroatoms. The molecule has 176 valence electrons. The van der Waals surface area contributed by atoms with Crippen LogP contribution in [0, 0.1) is 25.5 Å². The molecule has 0 aliphatic carbocycles. The number of anilines is 2. The van der Waals surface area contributed by atoms with Crippen molar-refractivity contribution in [2.24, 2.45) is 0 Å². The largest absolute Gasteiger partial charge is 0.330 e. The van der Waals surface area contributed by atoms with Crippen molar-refractivity contribution in [1.82, 2.24) is 19.6 Å². The molecule has 0 saturated heterocycles. The SMILES string of the molecule is Cc1nn(Cc2c(F)cccc2Cl)c(C)c1NC(=S)Nc1cnn(Cc2c(F)cccc2Cl)c1. The van der Waals surface area contributed by atoms with Crippen LogP contribution in [0.5, 0.6) is 0 Å². The number of hydrogen-bond acceptors (Lipinski definition) is 3. The normalized spacial score (nSPS) is 11.0. The van der Waals surface area contributed by atoms with Crippen LogP contribution in [0.25, 0.3) is 0 Å². The number of halogens is 4. The van der Waals surface area contributed by atoms with Crippen molar-refractivity contribution in [2.45, 2.75) is 26.9 Å². The van der Waals surface area contributed by atoms with E-state index < -0.39 is 5.82 Å². The predicted octanol–water partition coefficient (Wildman–Crippen LogP) is 6.19. The molecular weight excluding hydrogens is 501 g/mol. The van der Waals surface area contributed by atoms with Crippen molar-refractivity contribution in [3.8, 4) is 0 Å². The van der Waals surface area contributed by atoms with Crippen molar-refractivity contribution < 1.29 is 8.78 Å². The zero-order valence-electron chi connectivity index (χ0n) is 18.2. The van der Waals surface area contributed by atoms with E-state index in [0.29, 0.717) is 43.4 Å². The summed E-state index contributed by atoms with van der Waals surface area (Å²) >= 11 is 17.7. The van der Waals surface area contributed by atoms with Crippen LogP contribution in [0.15, 0.2) is 48.8 Å². The maximum atomic E-state index is 14.2. The minimum absolute atomic E-state index is 0.178. The molecule has 0 radical (unpaired) electrons. The molecule has 0 bridgehead atoms. The van der Waals surface area contributed by atoms with Gasteiger partial charge in [0.1, 0.15) is 11.6 Å². The van der Waals surface area contributed by atoms with Gasteiger partial charge in [0.25, 0.3) is 0 Å². The first-order valence-electron chi connectivity index (χ1n) is 10.2. The monoisotopic (exact) mass is 520 g/mol. The van der Waals surface area contributed by atoms with E-state index in [1.807, 2.05) is 13.8 Å². The van der Waals surface area contributed by atoms with E-state index in [1.54, 1.807) is 46.0 Å². The van der Waals surface area contributed by atoms with E-state index in [9.17, 15) is 8.78 Å². The molecule has 6 nitrogen and oxygen atoms in total. The summed E-state index contributed by atoms with van der Waals surface area (Å²) in [4.78, 5) is 0. The lowest BCUT2D eigenvalue weighted by molar-refractivity contribution is 0.579. The maximum Gasteiger partial charge on any atom is 0.175 e. The van der Waals surface area contributed by atoms with Gasteiger partial charge in [-0.2, -0.15) is 10.2 Å². The van der Waals surface area contributed by atoms with Gasteiger partial charge in [-0.1, -0.05) is 35.3 Å². The average molecular weight is 521 g/mol. The van der Waals surface area contributed by atoms with Crippen LogP contribution in [0.4, 0.5) is 20.2 Å². The lowest BCUT2D eigenvalue weighted by Gasteiger charge is -2.11. The molecule has 2 heterocycles. The van der Waals surface area contributed by atoms with E-state index >= 15 is 0 Å². The first-order chi connectivity index (χ1) is 16.2. The molecule has 4 rings (SSSR count). The Bertz CT molecular complexity index is 1330. The zero-order valence-corrected chi connectivity index (χ0v) is 20.6.